The summed E-state index contributed by atoms with van der Waals surface area (Å²) in [4.78, 5) is 68.7. The highest BCUT2D eigenvalue weighted by molar-refractivity contribution is 7.79. The van der Waals surface area contributed by atoms with Crippen LogP contribution in [0.2, 0.25) is 0 Å². The van der Waals surface area contributed by atoms with Crippen LogP contribution in [0.3, 0.4) is 0 Å². The topological polar surface area (TPSA) is 174 Å². The molecule has 3 saturated carbocycles. The second kappa shape index (κ2) is 15.8. The Kier molecular flexibility index (Phi) is 12.4. The van der Waals surface area contributed by atoms with E-state index < -0.39 is 63.8 Å². The monoisotopic (exact) mass is 651 g/mol. The second-order valence-electron chi connectivity index (χ2n) is 14.1. The number of nitrogens with zero attached hydrogens (tertiary/aromatic N) is 1. The van der Waals surface area contributed by atoms with Gasteiger partial charge in [-0.05, 0) is 63.2 Å². The number of unbranched alkanes of at least 4 members (excludes halogenated alkanes) is 1. The molecule has 1 heterocycles. The highest BCUT2D eigenvalue weighted by Gasteiger charge is 2.47. The molecule has 254 valence electrons. The lowest BCUT2D eigenvalue weighted by molar-refractivity contribution is -0.144. The zero-order valence-corrected chi connectivity index (χ0v) is 27.8. The molecule has 5 N–H and O–H groups in total. The molecule has 0 aromatic carbocycles. The number of nitrogens with one attached hydrogen (secondary N) is 4. The van der Waals surface area contributed by atoms with Gasteiger partial charge in [-0.3, -0.25) is 19.2 Å². The van der Waals surface area contributed by atoms with Crippen molar-refractivity contribution in [1.29, 1.82) is 0 Å². The maximum absolute atomic E-state index is 14.4. The van der Waals surface area contributed by atoms with Crippen LogP contribution in [0.5, 0.6) is 0 Å². The highest BCUT2D eigenvalue weighted by atomic mass is 32.2. The molecular formula is C32H53N5O7S. The summed E-state index contributed by atoms with van der Waals surface area (Å²) in [5.41, 5.74) is -1.35. The Labute approximate surface area is 269 Å². The van der Waals surface area contributed by atoms with E-state index >= 15 is 0 Å². The number of rotatable bonds is 14. The van der Waals surface area contributed by atoms with Gasteiger partial charge < -0.3 is 30.7 Å². The van der Waals surface area contributed by atoms with E-state index in [1.54, 1.807) is 0 Å². The summed E-state index contributed by atoms with van der Waals surface area (Å²) in [5, 5.41) is 11.5. The van der Waals surface area contributed by atoms with Gasteiger partial charge in [-0.15, -0.1) is 0 Å². The van der Waals surface area contributed by atoms with E-state index in [-0.39, 0.29) is 17.7 Å². The molecule has 0 radical (unpaired) electrons. The first-order valence-corrected chi connectivity index (χ1v) is 18.4. The summed E-state index contributed by atoms with van der Waals surface area (Å²) < 4.78 is 21.5. The fourth-order valence-corrected chi connectivity index (χ4v) is 8.25. The molecular weight excluding hydrogens is 598 g/mol. The molecule has 0 aromatic rings. The first-order chi connectivity index (χ1) is 21.5. The van der Waals surface area contributed by atoms with Crippen LogP contribution in [0.1, 0.15) is 123 Å². The summed E-state index contributed by atoms with van der Waals surface area (Å²) >= 11 is -2.09. The molecule has 12 nitrogen and oxygen atoms in total. The Balaban J connectivity index is 1.50. The van der Waals surface area contributed by atoms with Gasteiger partial charge in [0.2, 0.25) is 17.6 Å². The van der Waals surface area contributed by atoms with Crippen molar-refractivity contribution in [3.8, 4) is 0 Å². The Morgan fingerprint density at radius 3 is 2.16 bits per heavy atom. The molecule has 13 heteroatoms. The number of urea groups is 1. The predicted octanol–water partition coefficient (Wildman–Crippen LogP) is 3.06. The Morgan fingerprint density at radius 1 is 0.911 bits per heavy atom. The van der Waals surface area contributed by atoms with Gasteiger partial charge >= 0.3 is 6.03 Å². The largest absolute Gasteiger partial charge is 0.347 e. The van der Waals surface area contributed by atoms with Crippen LogP contribution in [-0.4, -0.2) is 85.2 Å². The minimum atomic E-state index is -2.09. The van der Waals surface area contributed by atoms with Gasteiger partial charge in [-0.2, -0.15) is 0 Å². The normalized spacial score (nSPS) is 24.5. The second-order valence-corrected chi connectivity index (χ2v) is 15.0. The van der Waals surface area contributed by atoms with Crippen LogP contribution in [0.4, 0.5) is 4.79 Å². The summed E-state index contributed by atoms with van der Waals surface area (Å²) in [7, 11) is 0. The number of carbonyl (C=O) groups is 5. The number of likely N-dealkylation sites (tertiary alicyclic amines) is 1. The van der Waals surface area contributed by atoms with Crippen LogP contribution < -0.4 is 21.3 Å². The van der Waals surface area contributed by atoms with E-state index in [9.17, 15) is 32.7 Å². The van der Waals surface area contributed by atoms with Crippen molar-refractivity contribution in [3.63, 3.8) is 0 Å². The zero-order chi connectivity index (χ0) is 32.6. The van der Waals surface area contributed by atoms with Crippen molar-refractivity contribution in [2.75, 3.05) is 12.3 Å². The van der Waals surface area contributed by atoms with Crippen molar-refractivity contribution in [2.24, 2.45) is 5.41 Å². The van der Waals surface area contributed by atoms with Gasteiger partial charge in [0.25, 0.3) is 5.91 Å². The number of amides is 5. The van der Waals surface area contributed by atoms with Gasteiger partial charge in [-0.1, -0.05) is 65.2 Å². The third kappa shape index (κ3) is 9.49. The van der Waals surface area contributed by atoms with Crippen LogP contribution in [0, 0.1) is 5.41 Å². The molecule has 1 aliphatic heterocycles. The molecule has 45 heavy (non-hydrogen) atoms. The van der Waals surface area contributed by atoms with E-state index in [1.165, 1.54) is 4.90 Å². The van der Waals surface area contributed by atoms with Crippen LogP contribution in [0.15, 0.2) is 0 Å². The van der Waals surface area contributed by atoms with E-state index in [0.29, 0.717) is 45.1 Å². The third-order valence-electron chi connectivity index (χ3n) is 10.3. The molecule has 4 rings (SSSR count). The molecule has 4 aliphatic rings. The number of carbonyl (C=O) groups excluding carboxylic acids is 5. The number of hydrogen-bond acceptors (Lipinski definition) is 6. The summed E-state index contributed by atoms with van der Waals surface area (Å²) in [6.07, 6.45) is 12.7. The predicted molar refractivity (Wildman–Crippen MR) is 170 cm³/mol. The van der Waals surface area contributed by atoms with E-state index in [1.807, 2.05) is 13.8 Å². The fraction of sp³-hybridized carbons (Fsp3) is 0.844. The SMILES string of the molecule is CCCCC(NC(=O)[C@@H]1CCCN1C(=O)[C@@H](NC(=O)NC1(CS(=O)O)CCCCC1)C1(C)CCCCC1)C(=O)C(=O)NC1CC1. The number of Topliss-reactive ketones (excluding diaryl/α,β-unsaturated/α-hetero) is 1. The Hall–Kier alpha value is -2.54. The molecule has 5 amide bonds. The first kappa shape index (κ1) is 35.3. The van der Waals surface area contributed by atoms with Crippen molar-refractivity contribution in [2.45, 2.75) is 153 Å². The van der Waals surface area contributed by atoms with Gasteiger partial charge in [0.05, 0.1) is 17.3 Å². The Morgan fingerprint density at radius 2 is 1.56 bits per heavy atom. The molecule has 4 fully saturated rings. The zero-order valence-electron chi connectivity index (χ0n) is 27.0. The van der Waals surface area contributed by atoms with Crippen molar-refractivity contribution < 1.29 is 32.7 Å². The lowest BCUT2D eigenvalue weighted by Crippen LogP contribution is -2.64. The van der Waals surface area contributed by atoms with Crippen molar-refractivity contribution >= 4 is 40.6 Å². The van der Waals surface area contributed by atoms with Crippen molar-refractivity contribution in [3.05, 3.63) is 0 Å². The van der Waals surface area contributed by atoms with Crippen molar-refractivity contribution in [1.82, 2.24) is 26.2 Å². The van der Waals surface area contributed by atoms with Crippen LogP contribution in [0.25, 0.3) is 0 Å². The molecule has 3 aliphatic carbocycles. The Bertz CT molecular complexity index is 1120. The molecule has 0 spiro atoms. The summed E-state index contributed by atoms with van der Waals surface area (Å²) in [6, 6.07) is -3.20. The molecule has 4 atom stereocenters. The van der Waals surface area contributed by atoms with Crippen LogP contribution in [-0.2, 0) is 30.3 Å². The van der Waals surface area contributed by atoms with Gasteiger partial charge in [-0.25, -0.2) is 9.00 Å². The summed E-state index contributed by atoms with van der Waals surface area (Å²) in [5.74, 6) is -2.21. The molecule has 0 bridgehead atoms. The summed E-state index contributed by atoms with van der Waals surface area (Å²) in [6.45, 7) is 4.33. The smallest absolute Gasteiger partial charge is 0.315 e. The van der Waals surface area contributed by atoms with E-state index in [2.05, 4.69) is 21.3 Å². The van der Waals surface area contributed by atoms with Gasteiger partial charge in [0, 0.05) is 12.6 Å². The van der Waals surface area contributed by atoms with Gasteiger partial charge in [0.1, 0.15) is 12.1 Å². The highest BCUT2D eigenvalue weighted by Crippen LogP contribution is 2.40. The average molecular weight is 652 g/mol. The lowest BCUT2D eigenvalue weighted by Gasteiger charge is -2.43. The van der Waals surface area contributed by atoms with E-state index in [4.69, 9.17) is 0 Å². The number of ketones is 1. The molecule has 1 saturated heterocycles. The van der Waals surface area contributed by atoms with Gasteiger partial charge in [0.15, 0.2) is 11.1 Å². The maximum Gasteiger partial charge on any atom is 0.315 e. The maximum atomic E-state index is 14.4. The van der Waals surface area contributed by atoms with Crippen LogP contribution >= 0.6 is 0 Å². The molecule has 2 unspecified atom stereocenters. The standard InChI is InChI=1S/C32H53N5O7S/c1-3-4-12-23(25(38)28(40)33-22-14-15-22)34-27(39)24-13-11-20-37(24)29(41)26(31(2)16-7-5-8-17-31)35-30(42)36-32(21-45(43)44)18-9-6-10-19-32/h22-24,26H,3-21H2,1-2H3,(H,33,40)(H,34,39)(H,43,44)(H2,35,36,42)/t23?,24-,26+/m0/s1. The number of hydrogen-bond donors (Lipinski definition) is 5. The lowest BCUT2D eigenvalue weighted by atomic mass is 9.70. The minimum absolute atomic E-state index is 0.0217. The average Bonchev–Trinajstić information content (AvgIpc) is 3.68. The quantitative estimate of drug-likeness (QED) is 0.142. The van der Waals surface area contributed by atoms with E-state index in [0.717, 1.165) is 70.6 Å². The molecule has 0 aromatic heterocycles. The third-order valence-corrected chi connectivity index (χ3v) is 11.1. The fourth-order valence-electron chi connectivity index (χ4n) is 7.42. The first-order valence-electron chi connectivity index (χ1n) is 17.1. The minimum Gasteiger partial charge on any atom is -0.347 e.